The van der Waals surface area contributed by atoms with Gasteiger partial charge in [-0.25, -0.2) is 0 Å². The lowest BCUT2D eigenvalue weighted by Gasteiger charge is -2.20. The average molecular weight is 163 g/mol. The van der Waals surface area contributed by atoms with Gasteiger partial charge in [-0.05, 0) is 18.8 Å². The van der Waals surface area contributed by atoms with Gasteiger partial charge in [0, 0.05) is 6.08 Å². The zero-order chi connectivity index (χ0) is 8.65. The summed E-state index contributed by atoms with van der Waals surface area (Å²) in [5.41, 5.74) is 0. The molecule has 1 saturated carbocycles. The molecule has 1 aliphatic rings. The van der Waals surface area contributed by atoms with Crippen LogP contribution in [0.1, 0.15) is 44.9 Å². The third-order valence-corrected chi connectivity index (χ3v) is 2.66. The number of allylic oxidation sites excluding steroid dienone is 2. The van der Waals surface area contributed by atoms with Gasteiger partial charge in [0.2, 0.25) is 0 Å². The van der Waals surface area contributed by atoms with E-state index in [1.165, 1.54) is 38.5 Å². The summed E-state index contributed by atoms with van der Waals surface area (Å²) in [6.45, 7) is 0. The van der Waals surface area contributed by atoms with Gasteiger partial charge in [-0.3, -0.25) is 0 Å². The molecule has 0 bridgehead atoms. The van der Waals surface area contributed by atoms with E-state index in [1.54, 1.807) is 6.08 Å². The Morgan fingerprint density at radius 1 is 1.25 bits per heavy atom. The van der Waals surface area contributed by atoms with Crippen LogP contribution < -0.4 is 0 Å². The minimum atomic E-state index is 0.946. The summed E-state index contributed by atoms with van der Waals surface area (Å²) in [7, 11) is 0. The van der Waals surface area contributed by atoms with Crippen molar-refractivity contribution in [3.05, 3.63) is 12.2 Å². The fraction of sp³-hybridized carbons (Fsp3) is 0.727. The molecule has 12 heavy (non-hydrogen) atoms. The van der Waals surface area contributed by atoms with Gasteiger partial charge in [0.25, 0.3) is 0 Å². The van der Waals surface area contributed by atoms with E-state index >= 15 is 0 Å². The summed E-state index contributed by atoms with van der Waals surface area (Å²) in [5, 5.41) is 8.27. The molecule has 0 aromatic heterocycles. The number of nitriles is 1. The van der Waals surface area contributed by atoms with Crippen molar-refractivity contribution in [2.45, 2.75) is 44.9 Å². The van der Waals surface area contributed by atoms with Crippen LogP contribution in [0.15, 0.2) is 12.2 Å². The molecule has 1 heteroatoms. The Hall–Kier alpha value is -0.770. The molecule has 0 saturated heterocycles. The molecule has 1 aliphatic carbocycles. The normalized spacial score (nSPS) is 19.6. The highest BCUT2D eigenvalue weighted by molar-refractivity contribution is 5.01. The fourth-order valence-electron chi connectivity index (χ4n) is 1.94. The van der Waals surface area contributed by atoms with Crippen molar-refractivity contribution in [3.8, 4) is 6.07 Å². The van der Waals surface area contributed by atoms with Crippen LogP contribution in [0.5, 0.6) is 0 Å². The Balaban J connectivity index is 2.06. The molecule has 1 fully saturated rings. The second-order valence-electron chi connectivity index (χ2n) is 3.61. The first-order valence-electron chi connectivity index (χ1n) is 4.98. The molecule has 0 aromatic carbocycles. The smallest absolute Gasteiger partial charge is 0.0908 e. The van der Waals surface area contributed by atoms with Crippen molar-refractivity contribution in [2.75, 3.05) is 0 Å². The molecule has 0 aromatic rings. The van der Waals surface area contributed by atoms with E-state index in [1.807, 2.05) is 12.1 Å². The topological polar surface area (TPSA) is 23.8 Å². The first-order chi connectivity index (χ1) is 5.93. The molecule has 1 nitrogen and oxygen atoms in total. The maximum absolute atomic E-state index is 8.27. The van der Waals surface area contributed by atoms with Gasteiger partial charge in [0.15, 0.2) is 0 Å². The lowest BCUT2D eigenvalue weighted by molar-refractivity contribution is 0.341. The molecule has 0 amide bonds. The fourth-order valence-corrected chi connectivity index (χ4v) is 1.94. The molecule has 1 rings (SSSR count). The first-order valence-corrected chi connectivity index (χ1v) is 4.98. The largest absolute Gasteiger partial charge is 0.193 e. The van der Waals surface area contributed by atoms with Gasteiger partial charge in [0.1, 0.15) is 0 Å². The van der Waals surface area contributed by atoms with Crippen LogP contribution in [0.3, 0.4) is 0 Å². The van der Waals surface area contributed by atoms with E-state index < -0.39 is 0 Å². The third-order valence-electron chi connectivity index (χ3n) is 2.66. The summed E-state index contributed by atoms with van der Waals surface area (Å²) < 4.78 is 0. The number of nitrogens with zero attached hydrogens (tertiary/aromatic N) is 1. The lowest BCUT2D eigenvalue weighted by Crippen LogP contribution is -2.05. The van der Waals surface area contributed by atoms with Crippen LogP contribution in [0, 0.1) is 17.2 Å². The van der Waals surface area contributed by atoms with Crippen molar-refractivity contribution in [2.24, 2.45) is 5.92 Å². The summed E-state index contributed by atoms with van der Waals surface area (Å²) in [6.07, 6.45) is 13.1. The van der Waals surface area contributed by atoms with Crippen molar-refractivity contribution in [1.82, 2.24) is 0 Å². The monoisotopic (exact) mass is 163 g/mol. The van der Waals surface area contributed by atoms with E-state index in [4.69, 9.17) is 5.26 Å². The van der Waals surface area contributed by atoms with Crippen molar-refractivity contribution >= 4 is 0 Å². The third kappa shape index (κ3) is 3.57. The predicted molar refractivity (Wildman–Crippen MR) is 50.6 cm³/mol. The Morgan fingerprint density at radius 3 is 2.67 bits per heavy atom. The molecule has 0 radical (unpaired) electrons. The lowest BCUT2D eigenvalue weighted by atomic mass is 9.86. The van der Waals surface area contributed by atoms with Gasteiger partial charge in [-0.2, -0.15) is 5.26 Å². The highest BCUT2D eigenvalue weighted by Gasteiger charge is 2.11. The number of hydrogen-bond donors (Lipinski definition) is 0. The quantitative estimate of drug-likeness (QED) is 0.585. The summed E-state index contributed by atoms with van der Waals surface area (Å²) in [6, 6.07) is 2.02. The summed E-state index contributed by atoms with van der Waals surface area (Å²) in [5.74, 6) is 0.946. The van der Waals surface area contributed by atoms with Gasteiger partial charge < -0.3 is 0 Å². The molecular weight excluding hydrogens is 146 g/mol. The van der Waals surface area contributed by atoms with Crippen molar-refractivity contribution < 1.29 is 0 Å². The highest BCUT2D eigenvalue weighted by atomic mass is 14.2. The zero-order valence-corrected chi connectivity index (χ0v) is 7.63. The van der Waals surface area contributed by atoms with E-state index in [0.29, 0.717) is 0 Å². The van der Waals surface area contributed by atoms with E-state index in [-0.39, 0.29) is 0 Å². The second kappa shape index (κ2) is 5.83. The molecule has 0 unspecified atom stereocenters. The Morgan fingerprint density at radius 2 is 2.00 bits per heavy atom. The molecule has 66 valence electrons. The zero-order valence-electron chi connectivity index (χ0n) is 7.63. The Bertz CT molecular complexity index is 170. The molecule has 0 atom stereocenters. The SMILES string of the molecule is N#CC=CCCC1CCCCC1. The predicted octanol–water partition coefficient (Wildman–Crippen LogP) is 3.43. The van der Waals surface area contributed by atoms with Crippen LogP contribution in [0.4, 0.5) is 0 Å². The van der Waals surface area contributed by atoms with Gasteiger partial charge >= 0.3 is 0 Å². The van der Waals surface area contributed by atoms with Crippen LogP contribution in [0.25, 0.3) is 0 Å². The van der Waals surface area contributed by atoms with Crippen molar-refractivity contribution in [1.29, 1.82) is 5.26 Å². The number of hydrogen-bond acceptors (Lipinski definition) is 1. The highest BCUT2D eigenvalue weighted by Crippen LogP contribution is 2.27. The van der Waals surface area contributed by atoms with Crippen molar-refractivity contribution in [3.63, 3.8) is 0 Å². The van der Waals surface area contributed by atoms with E-state index in [0.717, 1.165) is 12.3 Å². The van der Waals surface area contributed by atoms with Crippen LogP contribution in [-0.4, -0.2) is 0 Å². The number of rotatable bonds is 3. The summed E-state index contributed by atoms with van der Waals surface area (Å²) in [4.78, 5) is 0. The van der Waals surface area contributed by atoms with Crippen LogP contribution in [0.2, 0.25) is 0 Å². The minimum Gasteiger partial charge on any atom is -0.193 e. The average Bonchev–Trinajstić information content (AvgIpc) is 2.14. The molecular formula is C11H17N. The van der Waals surface area contributed by atoms with Gasteiger partial charge in [0.05, 0.1) is 6.07 Å². The van der Waals surface area contributed by atoms with Gasteiger partial charge in [-0.1, -0.05) is 38.2 Å². The second-order valence-corrected chi connectivity index (χ2v) is 3.61. The van der Waals surface area contributed by atoms with Crippen LogP contribution in [-0.2, 0) is 0 Å². The van der Waals surface area contributed by atoms with E-state index in [9.17, 15) is 0 Å². The van der Waals surface area contributed by atoms with E-state index in [2.05, 4.69) is 0 Å². The molecule has 0 N–H and O–H groups in total. The summed E-state index contributed by atoms with van der Waals surface area (Å²) >= 11 is 0. The van der Waals surface area contributed by atoms with Gasteiger partial charge in [-0.15, -0.1) is 0 Å². The minimum absolute atomic E-state index is 0.946. The Kier molecular flexibility index (Phi) is 4.52. The van der Waals surface area contributed by atoms with Crippen LogP contribution >= 0.6 is 0 Å². The maximum Gasteiger partial charge on any atom is 0.0908 e. The molecule has 0 aliphatic heterocycles. The molecule has 0 spiro atoms. The maximum atomic E-state index is 8.27. The first kappa shape index (κ1) is 9.32. The standard InChI is InChI=1S/C11H17N/c12-10-6-2-5-9-11-7-3-1-4-8-11/h2,6,11H,1,3-5,7-9H2. The molecule has 0 heterocycles. The Labute approximate surface area is 75.1 Å².